The van der Waals surface area contributed by atoms with Crippen molar-refractivity contribution in [3.63, 3.8) is 0 Å². The standard InChI is InChI=1S/C21H36F2O3Si/c1-5-9-10-11-16-27(24-14-6-2,25-15-7-3)26-21(8-4)18-12-13-19(22)20(23)17-18/h12-13,17,21H,5-11,14-16H2,1-4H3. The Hall–Kier alpha value is -0.823. The van der Waals surface area contributed by atoms with Gasteiger partial charge in [0.25, 0.3) is 0 Å². The van der Waals surface area contributed by atoms with Crippen LogP contribution in [-0.2, 0) is 13.3 Å². The molecule has 0 spiro atoms. The zero-order chi connectivity index (χ0) is 20.1. The normalized spacial score (nSPS) is 13.1. The molecule has 1 aromatic carbocycles. The molecular formula is C21H36F2O3Si. The molecule has 156 valence electrons. The van der Waals surface area contributed by atoms with E-state index in [-0.39, 0.29) is 6.10 Å². The first kappa shape index (κ1) is 24.2. The average molecular weight is 403 g/mol. The van der Waals surface area contributed by atoms with Gasteiger partial charge >= 0.3 is 8.80 Å². The van der Waals surface area contributed by atoms with E-state index >= 15 is 0 Å². The largest absolute Gasteiger partial charge is 0.501 e. The Balaban J connectivity index is 3.01. The monoisotopic (exact) mass is 402 g/mol. The van der Waals surface area contributed by atoms with Gasteiger partial charge in [0.15, 0.2) is 11.6 Å². The zero-order valence-corrected chi connectivity index (χ0v) is 18.4. The number of hydrogen-bond donors (Lipinski definition) is 0. The highest BCUT2D eigenvalue weighted by Crippen LogP contribution is 2.31. The lowest BCUT2D eigenvalue weighted by atomic mass is 10.1. The van der Waals surface area contributed by atoms with Gasteiger partial charge in [0, 0.05) is 19.3 Å². The molecule has 0 bridgehead atoms. The molecule has 0 heterocycles. The van der Waals surface area contributed by atoms with Gasteiger partial charge in [-0.15, -0.1) is 0 Å². The molecule has 0 aromatic heterocycles. The average Bonchev–Trinajstić information content (AvgIpc) is 2.68. The summed E-state index contributed by atoms with van der Waals surface area (Å²) in [5, 5.41) is 0. The third-order valence-electron chi connectivity index (χ3n) is 4.40. The van der Waals surface area contributed by atoms with Crippen LogP contribution in [0.4, 0.5) is 8.78 Å². The van der Waals surface area contributed by atoms with Crippen LogP contribution in [0.5, 0.6) is 0 Å². The van der Waals surface area contributed by atoms with Crippen LogP contribution in [0.3, 0.4) is 0 Å². The smallest absolute Gasteiger partial charge is 0.373 e. The van der Waals surface area contributed by atoms with Crippen LogP contribution in [0.25, 0.3) is 0 Å². The number of benzene rings is 1. The fourth-order valence-electron chi connectivity index (χ4n) is 2.91. The second-order valence-corrected chi connectivity index (χ2v) is 9.56. The van der Waals surface area contributed by atoms with Crippen LogP contribution in [0, 0.1) is 11.6 Å². The molecule has 6 heteroatoms. The number of rotatable bonds is 15. The molecule has 1 aromatic rings. The van der Waals surface area contributed by atoms with Crippen LogP contribution < -0.4 is 0 Å². The first-order valence-electron chi connectivity index (χ1n) is 10.4. The Kier molecular flexibility index (Phi) is 12.0. The van der Waals surface area contributed by atoms with Gasteiger partial charge in [-0.05, 0) is 43.4 Å². The quantitative estimate of drug-likeness (QED) is 0.238. The van der Waals surface area contributed by atoms with E-state index in [9.17, 15) is 8.78 Å². The molecule has 1 atom stereocenters. The summed E-state index contributed by atoms with van der Waals surface area (Å²) in [5.41, 5.74) is 0.627. The molecule has 0 amide bonds. The fraction of sp³-hybridized carbons (Fsp3) is 0.714. The third-order valence-corrected chi connectivity index (χ3v) is 7.29. The minimum Gasteiger partial charge on any atom is -0.373 e. The molecule has 0 fully saturated rings. The minimum absolute atomic E-state index is 0.369. The second-order valence-electron chi connectivity index (χ2n) is 6.88. The van der Waals surface area contributed by atoms with E-state index in [2.05, 4.69) is 20.8 Å². The summed E-state index contributed by atoms with van der Waals surface area (Å²) < 4.78 is 45.9. The van der Waals surface area contributed by atoms with E-state index in [1.165, 1.54) is 12.5 Å². The Morgan fingerprint density at radius 3 is 2.04 bits per heavy atom. The summed E-state index contributed by atoms with van der Waals surface area (Å²) >= 11 is 0. The molecule has 27 heavy (non-hydrogen) atoms. The van der Waals surface area contributed by atoms with Crippen molar-refractivity contribution in [2.75, 3.05) is 13.2 Å². The molecule has 1 rings (SSSR count). The first-order chi connectivity index (χ1) is 13.0. The van der Waals surface area contributed by atoms with Crippen LogP contribution in [0.1, 0.15) is 84.3 Å². The Morgan fingerprint density at radius 1 is 0.852 bits per heavy atom. The highest BCUT2D eigenvalue weighted by molar-refractivity contribution is 6.60. The second kappa shape index (κ2) is 13.4. The highest BCUT2D eigenvalue weighted by atomic mass is 28.4. The van der Waals surface area contributed by atoms with E-state index in [4.69, 9.17) is 13.3 Å². The molecule has 0 aliphatic rings. The van der Waals surface area contributed by atoms with Gasteiger partial charge in [-0.3, -0.25) is 0 Å². The molecular weight excluding hydrogens is 366 g/mol. The predicted molar refractivity (Wildman–Crippen MR) is 108 cm³/mol. The summed E-state index contributed by atoms with van der Waals surface area (Å²) in [4.78, 5) is 0. The number of hydrogen-bond acceptors (Lipinski definition) is 3. The van der Waals surface area contributed by atoms with Crippen molar-refractivity contribution in [2.24, 2.45) is 0 Å². The van der Waals surface area contributed by atoms with Crippen molar-refractivity contribution in [3.8, 4) is 0 Å². The Morgan fingerprint density at radius 2 is 1.52 bits per heavy atom. The summed E-state index contributed by atoms with van der Waals surface area (Å²) in [6.07, 6.45) is 6.46. The molecule has 0 saturated heterocycles. The molecule has 0 N–H and O–H groups in total. The fourth-order valence-corrected chi connectivity index (χ4v) is 5.99. The molecule has 0 saturated carbocycles. The zero-order valence-electron chi connectivity index (χ0n) is 17.4. The maximum atomic E-state index is 13.7. The lowest BCUT2D eigenvalue weighted by Gasteiger charge is -2.33. The SMILES string of the molecule is CCCCCC[Si](OCCC)(OCCC)OC(CC)c1ccc(F)c(F)c1. The van der Waals surface area contributed by atoms with Crippen LogP contribution in [-0.4, -0.2) is 22.0 Å². The topological polar surface area (TPSA) is 27.7 Å². The molecule has 0 aliphatic heterocycles. The van der Waals surface area contributed by atoms with Crippen molar-refractivity contribution < 1.29 is 22.1 Å². The Bertz CT molecular complexity index is 520. The van der Waals surface area contributed by atoms with Gasteiger partial charge in [-0.25, -0.2) is 8.78 Å². The third kappa shape index (κ3) is 8.38. The van der Waals surface area contributed by atoms with E-state index < -0.39 is 20.4 Å². The van der Waals surface area contributed by atoms with Crippen LogP contribution in [0.15, 0.2) is 18.2 Å². The molecule has 3 nitrogen and oxygen atoms in total. The molecule has 1 unspecified atom stereocenters. The summed E-state index contributed by atoms with van der Waals surface area (Å²) in [5.74, 6) is -1.70. The maximum absolute atomic E-state index is 13.7. The van der Waals surface area contributed by atoms with Gasteiger partial charge in [-0.2, -0.15) is 0 Å². The van der Waals surface area contributed by atoms with Crippen molar-refractivity contribution in [2.45, 2.75) is 84.8 Å². The van der Waals surface area contributed by atoms with Crippen molar-refractivity contribution >= 4 is 8.80 Å². The lowest BCUT2D eigenvalue weighted by molar-refractivity contribution is 0.0236. The number of halogens is 2. The highest BCUT2D eigenvalue weighted by Gasteiger charge is 2.43. The van der Waals surface area contributed by atoms with E-state index in [1.807, 2.05) is 6.92 Å². The van der Waals surface area contributed by atoms with Crippen molar-refractivity contribution in [3.05, 3.63) is 35.4 Å². The van der Waals surface area contributed by atoms with Gasteiger partial charge in [0.1, 0.15) is 0 Å². The van der Waals surface area contributed by atoms with Gasteiger partial charge in [0.05, 0.1) is 6.10 Å². The molecule has 0 radical (unpaired) electrons. The molecule has 0 aliphatic carbocycles. The summed E-state index contributed by atoms with van der Waals surface area (Å²) in [6, 6.07) is 4.72. The van der Waals surface area contributed by atoms with Gasteiger partial charge < -0.3 is 13.3 Å². The van der Waals surface area contributed by atoms with Crippen molar-refractivity contribution in [1.82, 2.24) is 0 Å². The van der Waals surface area contributed by atoms with Crippen LogP contribution in [0.2, 0.25) is 6.04 Å². The summed E-state index contributed by atoms with van der Waals surface area (Å²) in [6.45, 7) is 9.43. The van der Waals surface area contributed by atoms with Crippen molar-refractivity contribution in [1.29, 1.82) is 0 Å². The maximum Gasteiger partial charge on any atom is 0.501 e. The van der Waals surface area contributed by atoms with Gasteiger partial charge in [0.2, 0.25) is 0 Å². The van der Waals surface area contributed by atoms with Gasteiger partial charge in [-0.1, -0.05) is 53.0 Å². The lowest BCUT2D eigenvalue weighted by Crippen LogP contribution is -2.47. The van der Waals surface area contributed by atoms with E-state index in [0.717, 1.165) is 44.2 Å². The minimum atomic E-state index is -2.90. The van der Waals surface area contributed by atoms with Crippen LogP contribution >= 0.6 is 0 Å². The van der Waals surface area contributed by atoms with E-state index in [0.29, 0.717) is 25.2 Å². The predicted octanol–water partition coefficient (Wildman–Crippen LogP) is 6.80. The van der Waals surface area contributed by atoms with E-state index in [1.54, 1.807) is 6.07 Å². The first-order valence-corrected chi connectivity index (χ1v) is 12.4. The Labute approximate surface area is 164 Å². The number of unbranched alkanes of at least 4 members (excludes halogenated alkanes) is 3. The summed E-state index contributed by atoms with van der Waals surface area (Å²) in [7, 11) is -2.90.